The van der Waals surface area contributed by atoms with E-state index < -0.39 is 5.97 Å². The van der Waals surface area contributed by atoms with Gasteiger partial charge in [0.2, 0.25) is 0 Å². The van der Waals surface area contributed by atoms with Crippen molar-refractivity contribution in [2.24, 2.45) is 0 Å². The second-order valence-electron chi connectivity index (χ2n) is 1.64. The zero-order valence-electron chi connectivity index (χ0n) is 6.59. The van der Waals surface area contributed by atoms with Crippen LogP contribution < -0.4 is 0 Å². The van der Waals surface area contributed by atoms with Gasteiger partial charge >= 0.3 is 5.97 Å². The van der Waals surface area contributed by atoms with Crippen LogP contribution in [0.25, 0.3) is 0 Å². The number of esters is 1. The highest BCUT2D eigenvalue weighted by Crippen LogP contribution is 2.06. The van der Waals surface area contributed by atoms with Gasteiger partial charge in [-0.1, -0.05) is 0 Å². The Kier molecular flexibility index (Phi) is 5.93. The van der Waals surface area contributed by atoms with Gasteiger partial charge in [-0.05, 0) is 29.8 Å². The minimum absolute atomic E-state index is 0.307. The lowest BCUT2D eigenvalue weighted by molar-refractivity contribution is -0.137. The molecule has 0 radical (unpaired) electrons. The van der Waals surface area contributed by atoms with Crippen LogP contribution in [-0.2, 0) is 14.3 Å². The third-order valence-corrected chi connectivity index (χ3v) is 1.33. The maximum absolute atomic E-state index is 10.8. The van der Waals surface area contributed by atoms with Crippen molar-refractivity contribution >= 4 is 21.9 Å². The summed E-state index contributed by atoms with van der Waals surface area (Å²) in [5.41, 5.74) is 0. The molecular formula is C7H11BrO3. The highest BCUT2D eigenvalue weighted by atomic mass is 79.9. The zero-order valence-corrected chi connectivity index (χ0v) is 8.18. The molecule has 4 heteroatoms. The maximum atomic E-state index is 10.8. The molecular weight excluding hydrogens is 212 g/mol. The number of ether oxygens (including phenoxy) is 2. The maximum Gasteiger partial charge on any atom is 0.348 e. The SMILES string of the molecule is CCO/C=C(\Br)C(=O)OCC. The van der Waals surface area contributed by atoms with Gasteiger partial charge in [0.25, 0.3) is 0 Å². The van der Waals surface area contributed by atoms with Crippen LogP contribution in [0.4, 0.5) is 0 Å². The number of halogens is 1. The summed E-state index contributed by atoms with van der Waals surface area (Å²) >= 11 is 3.01. The fourth-order valence-electron chi connectivity index (χ4n) is 0.405. The summed E-state index contributed by atoms with van der Waals surface area (Å²) in [6, 6.07) is 0. The molecule has 0 saturated carbocycles. The fraction of sp³-hybridized carbons (Fsp3) is 0.571. The smallest absolute Gasteiger partial charge is 0.348 e. The highest BCUT2D eigenvalue weighted by molar-refractivity contribution is 9.12. The van der Waals surface area contributed by atoms with E-state index in [1.807, 2.05) is 6.92 Å². The highest BCUT2D eigenvalue weighted by Gasteiger charge is 2.05. The molecule has 0 fully saturated rings. The van der Waals surface area contributed by atoms with Gasteiger partial charge in [0.15, 0.2) is 0 Å². The third-order valence-electron chi connectivity index (χ3n) is 0.824. The Morgan fingerprint density at radius 2 is 2.09 bits per heavy atom. The Morgan fingerprint density at radius 1 is 1.45 bits per heavy atom. The number of hydrogen-bond donors (Lipinski definition) is 0. The van der Waals surface area contributed by atoms with Crippen molar-refractivity contribution in [2.75, 3.05) is 13.2 Å². The molecule has 0 N–H and O–H groups in total. The van der Waals surface area contributed by atoms with Crippen LogP contribution in [0.5, 0.6) is 0 Å². The molecule has 0 heterocycles. The van der Waals surface area contributed by atoms with Crippen molar-refractivity contribution < 1.29 is 14.3 Å². The van der Waals surface area contributed by atoms with Gasteiger partial charge < -0.3 is 9.47 Å². The molecule has 3 nitrogen and oxygen atoms in total. The molecule has 64 valence electrons. The molecule has 0 rings (SSSR count). The topological polar surface area (TPSA) is 35.5 Å². The first kappa shape index (κ1) is 10.5. The van der Waals surface area contributed by atoms with Crippen LogP contribution in [0.1, 0.15) is 13.8 Å². The lowest BCUT2D eigenvalue weighted by Crippen LogP contribution is -2.03. The number of hydrogen-bond acceptors (Lipinski definition) is 3. The van der Waals surface area contributed by atoms with Crippen LogP contribution >= 0.6 is 15.9 Å². The molecule has 0 amide bonds. The number of rotatable bonds is 4. The van der Waals surface area contributed by atoms with Crippen LogP contribution in [0.2, 0.25) is 0 Å². The molecule has 0 aromatic carbocycles. The van der Waals surface area contributed by atoms with E-state index in [9.17, 15) is 4.79 Å². The average Bonchev–Trinajstić information content (AvgIpc) is 2.00. The molecule has 0 aliphatic heterocycles. The largest absolute Gasteiger partial charge is 0.500 e. The van der Waals surface area contributed by atoms with Crippen molar-refractivity contribution in [3.05, 3.63) is 10.7 Å². The monoisotopic (exact) mass is 222 g/mol. The lowest BCUT2D eigenvalue weighted by Gasteiger charge is -1.99. The van der Waals surface area contributed by atoms with Gasteiger partial charge in [-0.3, -0.25) is 0 Å². The van der Waals surface area contributed by atoms with E-state index in [4.69, 9.17) is 4.74 Å². The molecule has 0 atom stereocenters. The Morgan fingerprint density at radius 3 is 2.55 bits per heavy atom. The minimum atomic E-state index is -0.402. The van der Waals surface area contributed by atoms with Crippen LogP contribution in [0.15, 0.2) is 10.7 Å². The number of carbonyl (C=O) groups is 1. The second kappa shape index (κ2) is 6.22. The van der Waals surface area contributed by atoms with E-state index in [0.717, 1.165) is 0 Å². The lowest BCUT2D eigenvalue weighted by atomic mass is 10.6. The van der Waals surface area contributed by atoms with E-state index in [2.05, 4.69) is 20.7 Å². The van der Waals surface area contributed by atoms with E-state index in [0.29, 0.717) is 17.7 Å². The molecule has 0 unspecified atom stereocenters. The quantitative estimate of drug-likeness (QED) is 0.414. The summed E-state index contributed by atoms with van der Waals surface area (Å²) in [4.78, 5) is 10.8. The first-order valence-electron chi connectivity index (χ1n) is 3.36. The molecule has 0 bridgehead atoms. The molecule has 0 aromatic rings. The van der Waals surface area contributed by atoms with Crippen LogP contribution in [0.3, 0.4) is 0 Å². The molecule has 0 aromatic heterocycles. The van der Waals surface area contributed by atoms with E-state index >= 15 is 0 Å². The van der Waals surface area contributed by atoms with Crippen LogP contribution in [0, 0.1) is 0 Å². The van der Waals surface area contributed by atoms with Gasteiger partial charge in [-0.25, -0.2) is 4.79 Å². The Balaban J connectivity index is 3.80. The Hall–Kier alpha value is -0.510. The summed E-state index contributed by atoms with van der Waals surface area (Å²) in [6.07, 6.45) is 1.33. The summed E-state index contributed by atoms with van der Waals surface area (Å²) in [5, 5.41) is 0. The number of carbonyl (C=O) groups excluding carboxylic acids is 1. The fourth-order valence-corrected chi connectivity index (χ4v) is 0.651. The molecule has 0 spiro atoms. The minimum Gasteiger partial charge on any atom is -0.500 e. The summed E-state index contributed by atoms with van der Waals surface area (Å²) in [6.45, 7) is 4.49. The third kappa shape index (κ3) is 4.84. The summed E-state index contributed by atoms with van der Waals surface area (Å²) in [7, 11) is 0. The van der Waals surface area contributed by atoms with Gasteiger partial charge in [0.1, 0.15) is 10.7 Å². The first-order valence-corrected chi connectivity index (χ1v) is 4.16. The molecule has 11 heavy (non-hydrogen) atoms. The predicted octanol–water partition coefficient (Wildman–Crippen LogP) is 1.82. The van der Waals surface area contributed by atoms with Gasteiger partial charge in [-0.15, -0.1) is 0 Å². The van der Waals surface area contributed by atoms with E-state index in [-0.39, 0.29) is 0 Å². The predicted molar refractivity (Wildman–Crippen MR) is 45.3 cm³/mol. The Labute approximate surface area is 74.5 Å². The van der Waals surface area contributed by atoms with E-state index in [1.54, 1.807) is 6.92 Å². The second-order valence-corrected chi connectivity index (χ2v) is 2.50. The van der Waals surface area contributed by atoms with Gasteiger partial charge in [0.05, 0.1) is 13.2 Å². The average molecular weight is 223 g/mol. The zero-order chi connectivity index (χ0) is 8.69. The van der Waals surface area contributed by atoms with Crippen molar-refractivity contribution in [1.82, 2.24) is 0 Å². The standard InChI is InChI=1S/C7H11BrO3/c1-3-10-5-6(8)7(9)11-4-2/h5H,3-4H2,1-2H3/b6-5-. The molecule has 0 aliphatic carbocycles. The van der Waals surface area contributed by atoms with Crippen molar-refractivity contribution in [1.29, 1.82) is 0 Å². The van der Waals surface area contributed by atoms with Crippen LogP contribution in [-0.4, -0.2) is 19.2 Å². The van der Waals surface area contributed by atoms with Crippen molar-refractivity contribution in [3.8, 4) is 0 Å². The van der Waals surface area contributed by atoms with Crippen molar-refractivity contribution in [2.45, 2.75) is 13.8 Å². The summed E-state index contributed by atoms with van der Waals surface area (Å²) < 4.78 is 9.83. The van der Waals surface area contributed by atoms with Crippen molar-refractivity contribution in [3.63, 3.8) is 0 Å². The molecule has 0 saturated heterocycles. The molecule has 0 aliphatic rings. The van der Waals surface area contributed by atoms with Gasteiger partial charge in [-0.2, -0.15) is 0 Å². The summed E-state index contributed by atoms with van der Waals surface area (Å²) in [5.74, 6) is -0.402. The normalized spacial score (nSPS) is 11.0. The van der Waals surface area contributed by atoms with E-state index in [1.165, 1.54) is 6.26 Å². The van der Waals surface area contributed by atoms with Gasteiger partial charge in [0, 0.05) is 0 Å². The first-order chi connectivity index (χ1) is 5.22. The Bertz CT molecular complexity index is 154.